The molecule has 2 N–H and O–H groups in total. The summed E-state index contributed by atoms with van der Waals surface area (Å²) >= 11 is 2.30. The molecule has 0 atom stereocenters. The number of hydrogen-bond donors (Lipinski definition) is 2. The van der Waals surface area contributed by atoms with Gasteiger partial charge in [-0.05, 0) is 12.7 Å². The van der Waals surface area contributed by atoms with Crippen LogP contribution >= 0.6 is 33.3 Å². The molecule has 6 nitrogen and oxygen atoms in total. The second-order valence-electron chi connectivity index (χ2n) is 14.4. The van der Waals surface area contributed by atoms with Gasteiger partial charge in [0.25, 0.3) is 0 Å². The Bertz CT molecular complexity index is 743. The van der Waals surface area contributed by atoms with Gasteiger partial charge in [0, 0.05) is 124 Å². The minimum atomic E-state index is -0.667. The number of unbranched alkanes of at least 4 members (excludes halogenated alkanes) is 5. The van der Waals surface area contributed by atoms with Crippen LogP contribution in [0.15, 0.2) is 0 Å². The summed E-state index contributed by atoms with van der Waals surface area (Å²) < 4.78 is 5.44. The summed E-state index contributed by atoms with van der Waals surface area (Å²) in [6, 6.07) is 0. The van der Waals surface area contributed by atoms with Gasteiger partial charge in [0.1, 0.15) is 0 Å². The summed E-state index contributed by atoms with van der Waals surface area (Å²) in [5.74, 6) is 0.248. The number of Topliss-reactive ketones (excluding diaryl/α,β-unsaturated/α-hetero) is 1. The van der Waals surface area contributed by atoms with E-state index in [1.807, 2.05) is 6.26 Å². The molecular weight excluding hydrogens is 1030 g/mol. The van der Waals surface area contributed by atoms with E-state index in [0.29, 0.717) is 23.0 Å². The first-order valence-corrected chi connectivity index (χ1v) is 29.8. The first-order chi connectivity index (χ1) is 30.0. The molecule has 0 aromatic heterocycles. The number of esters is 1. The van der Waals surface area contributed by atoms with E-state index in [1.54, 1.807) is 24.0 Å². The van der Waals surface area contributed by atoms with E-state index in [9.17, 15) is 14.4 Å². The predicted molar refractivity (Wildman–Crippen MR) is 313 cm³/mol. The number of rotatable bonds is 16. The molecule has 0 heterocycles. The van der Waals surface area contributed by atoms with Crippen LogP contribution in [0.5, 0.6) is 0 Å². The van der Waals surface area contributed by atoms with Gasteiger partial charge >= 0.3 is 102 Å². The third-order valence-corrected chi connectivity index (χ3v) is 11.6. The minimum Gasteiger partial charge on any atom is 0 e. The van der Waals surface area contributed by atoms with Gasteiger partial charge in [0.05, 0.1) is 0 Å². The third-order valence-electron chi connectivity index (χ3n) is 8.24. The Kier molecular flexibility index (Phi) is 113. The molecule has 24 heteroatoms. The van der Waals surface area contributed by atoms with Crippen LogP contribution in [0.3, 0.4) is 0 Å². The number of ether oxygens (including phenoxy) is 1. The van der Waals surface area contributed by atoms with Gasteiger partial charge in [0.2, 0.25) is 0 Å². The molecule has 0 aromatic rings. The molecular formula is C40H86B14O6PoS3. The molecule has 3 aliphatic rings. The predicted octanol–water partition coefficient (Wildman–Crippen LogP) is 7.36. The van der Waals surface area contributed by atoms with Crippen molar-refractivity contribution >= 4 is 178 Å². The molecule has 20 radical (unpaired) electrons. The van der Waals surface area contributed by atoms with Gasteiger partial charge in [-0.15, -0.1) is 0 Å². The summed E-state index contributed by atoms with van der Waals surface area (Å²) in [6.07, 6.45) is 34.8. The van der Waals surface area contributed by atoms with Crippen LogP contribution in [0.1, 0.15) is 202 Å². The Morgan fingerprint density at radius 2 is 0.906 bits per heavy atom. The molecule has 348 valence electrons. The maximum Gasteiger partial charge on any atom is 0 e. The van der Waals surface area contributed by atoms with Crippen molar-refractivity contribution in [3.63, 3.8) is 0 Å². The standard InChI is InChI=1S/C7H11O3S2.3C5H10.2C5H12.C4H10O.C3H6OS.CH4O.B9.B4.B.Po.H/c1-6(8)3-4-7(9)10-5-12-11-2;3*1-2-4-5-3-1;2*1-3-5-4-2;1-2-3-4-5;1-3(4)5-2;1-2;1-6-9(7(2)3)8(4)5;1-4(2)3;;;/h1,3-5H2,2H3;3*1-5H2;2*3-5H2,1-2H3;5H,2-4H2,1H3;1-2H3;2H,1H3;;;;;. The fourth-order valence-electron chi connectivity index (χ4n) is 4.56. The van der Waals surface area contributed by atoms with Crippen molar-refractivity contribution in [2.45, 2.75) is 206 Å². The first-order valence-electron chi connectivity index (χ1n) is 23.4. The van der Waals surface area contributed by atoms with E-state index in [-0.39, 0.29) is 38.1 Å². The minimum absolute atomic E-state index is 0. The van der Waals surface area contributed by atoms with Crippen molar-refractivity contribution in [1.29, 1.82) is 0 Å². The molecule has 0 unspecified atom stereocenters. The second-order valence-corrected chi connectivity index (χ2v) is 19.1. The van der Waals surface area contributed by atoms with Crippen LogP contribution in [0.2, 0.25) is 4.08 Å². The second kappa shape index (κ2) is 84.5. The van der Waals surface area contributed by atoms with Crippen LogP contribution in [-0.2, 0) is 19.1 Å². The molecule has 0 aliphatic heterocycles. The topological polar surface area (TPSA) is 101 Å². The molecule has 0 amide bonds. The molecule has 3 rings (SSSR count). The SMILES string of the molecule is C1CCCC1.C1CCCC1.C1CCCC1.CCCCC.CCCCC.CCCCO.CO.CSC(C)=O.CSSCOC(=O)CCC(=O)[CH2][PoH].[B].[B]B([B])[B].[B][B]B(B([B])[B])B([B])[B]. The monoisotopic (exact) mass is 1120 g/mol. The van der Waals surface area contributed by atoms with Crippen molar-refractivity contribution < 1.29 is 29.3 Å². The van der Waals surface area contributed by atoms with Crippen molar-refractivity contribution in [2.75, 3.05) is 32.2 Å². The molecule has 3 aliphatic carbocycles. The van der Waals surface area contributed by atoms with Gasteiger partial charge in [-0.3, -0.25) is 4.79 Å². The largest absolute Gasteiger partial charge is 0 e. The fraction of sp³-hybridized carbons (Fsp3) is 0.925. The number of aliphatic hydroxyl groups excluding tert-OH is 2. The van der Waals surface area contributed by atoms with Gasteiger partial charge in [0.15, 0.2) is 5.12 Å². The number of carbonyl (C=O) groups excluding carboxylic acids is 3. The van der Waals surface area contributed by atoms with E-state index in [0.717, 1.165) is 45.0 Å². The number of thioether (sulfide) groups is 1. The summed E-state index contributed by atoms with van der Waals surface area (Å²) in [5, 5.41) is 15.2. The average molecular weight is 1120 g/mol. The van der Waals surface area contributed by atoms with Crippen molar-refractivity contribution in [3.8, 4) is 0 Å². The van der Waals surface area contributed by atoms with Crippen molar-refractivity contribution in [3.05, 3.63) is 0 Å². The molecule has 0 spiro atoms. The molecule has 3 saturated carbocycles. The smallest absolute Gasteiger partial charge is 0 e. The summed E-state index contributed by atoms with van der Waals surface area (Å²) in [5.41, 5.74) is 0. The van der Waals surface area contributed by atoms with E-state index >= 15 is 0 Å². The van der Waals surface area contributed by atoms with Gasteiger partial charge in [-0.25, -0.2) is 0 Å². The molecule has 0 aromatic carbocycles. The zero-order chi connectivity index (χ0) is 50.4. The summed E-state index contributed by atoms with van der Waals surface area (Å²) in [4.78, 5) is 31.6. The molecule has 0 bridgehead atoms. The Morgan fingerprint density at radius 3 is 1.03 bits per heavy atom. The first kappa shape index (κ1) is 85.4. The third kappa shape index (κ3) is 115. The van der Waals surface area contributed by atoms with E-state index < -0.39 is 19.2 Å². The van der Waals surface area contributed by atoms with Crippen molar-refractivity contribution in [1.82, 2.24) is 0 Å². The van der Waals surface area contributed by atoms with Gasteiger partial charge in [-0.1, -0.05) is 188 Å². The number of hydrogen-bond acceptors (Lipinski definition) is 9. The zero-order valence-electron chi connectivity index (χ0n) is 42.6. The maximum absolute atomic E-state index is 11.0. The normalized spacial score (nSPS) is 11.8. The van der Waals surface area contributed by atoms with Gasteiger partial charge < -0.3 is 10.2 Å². The number of ketones is 1. The zero-order valence-corrected chi connectivity index (χ0v) is 48.5. The van der Waals surface area contributed by atoms with Crippen LogP contribution in [0, 0.1) is 0 Å². The summed E-state index contributed by atoms with van der Waals surface area (Å²) in [7, 11) is 45.5. The number of carbonyl (C=O) groups is 3. The average Bonchev–Trinajstić information content (AvgIpc) is 4.11. The molecule has 64 heavy (non-hydrogen) atoms. The van der Waals surface area contributed by atoms with Crippen LogP contribution in [-0.4, -0.2) is 187 Å². The maximum atomic E-state index is 11.0. The number of aliphatic hydroxyl groups is 2. The van der Waals surface area contributed by atoms with Gasteiger partial charge in [-0.2, -0.15) is 0 Å². The Morgan fingerprint density at radius 1 is 0.625 bits per heavy atom. The quantitative estimate of drug-likeness (QED) is 0.0541. The summed E-state index contributed by atoms with van der Waals surface area (Å²) in [6.45, 7) is 12.8. The van der Waals surface area contributed by atoms with Crippen LogP contribution in [0.4, 0.5) is 0 Å². The van der Waals surface area contributed by atoms with E-state index in [1.165, 1.54) is 164 Å². The Balaban J connectivity index is -0.0000000764. The van der Waals surface area contributed by atoms with Crippen LogP contribution < -0.4 is 0 Å². The Labute approximate surface area is 442 Å². The fourth-order valence-corrected chi connectivity index (χ4v) is 5.88. The Hall–Kier alpha value is 1.59. The van der Waals surface area contributed by atoms with Crippen molar-refractivity contribution in [2.24, 2.45) is 0 Å². The molecule has 0 saturated heterocycles. The molecule has 3 fully saturated rings. The van der Waals surface area contributed by atoms with E-state index in [2.05, 4.69) is 57.8 Å². The van der Waals surface area contributed by atoms with E-state index in [4.69, 9.17) is 53.6 Å². The van der Waals surface area contributed by atoms with Crippen LogP contribution in [0.25, 0.3) is 0 Å².